The maximum atomic E-state index is 13.9. The van der Waals surface area contributed by atoms with Gasteiger partial charge in [0, 0.05) is 31.4 Å². The molecule has 0 saturated heterocycles. The van der Waals surface area contributed by atoms with Gasteiger partial charge < -0.3 is 4.57 Å². The maximum absolute atomic E-state index is 13.9. The molecule has 0 N–H and O–H groups in total. The van der Waals surface area contributed by atoms with Gasteiger partial charge in [-0.05, 0) is 17.7 Å². The lowest BCUT2D eigenvalue weighted by Crippen LogP contribution is -2.37. The molecule has 2 atom stereocenters. The van der Waals surface area contributed by atoms with E-state index in [-0.39, 0.29) is 10.6 Å². The highest BCUT2D eigenvalue weighted by molar-refractivity contribution is 7.82. The van der Waals surface area contributed by atoms with Gasteiger partial charge in [-0.1, -0.05) is 23.7 Å². The molecule has 1 unspecified atom stereocenters. The molecule has 0 aliphatic carbocycles. The molecule has 1 aromatic heterocycles. The SMILES string of the molecule is CN([C@H](c1ccc(Cl)cc1)C(F)(F)F)S(=O)c1cn(C)c(=O)cc1F. The van der Waals surface area contributed by atoms with Crippen molar-refractivity contribution in [2.45, 2.75) is 17.1 Å². The molecule has 0 spiro atoms. The summed E-state index contributed by atoms with van der Waals surface area (Å²) in [6, 6.07) is 3.20. The van der Waals surface area contributed by atoms with Crippen molar-refractivity contribution in [1.29, 1.82) is 0 Å². The van der Waals surface area contributed by atoms with Crippen molar-refractivity contribution < 1.29 is 21.8 Å². The Kier molecular flexibility index (Phi) is 5.70. The summed E-state index contributed by atoms with van der Waals surface area (Å²) in [5.41, 5.74) is -0.899. The average molecular weight is 397 g/mol. The summed E-state index contributed by atoms with van der Waals surface area (Å²) in [6.07, 6.45) is -3.85. The van der Waals surface area contributed by atoms with Crippen LogP contribution in [0.1, 0.15) is 11.6 Å². The summed E-state index contributed by atoms with van der Waals surface area (Å²) >= 11 is 5.68. The van der Waals surface area contributed by atoms with E-state index in [2.05, 4.69) is 0 Å². The van der Waals surface area contributed by atoms with Gasteiger partial charge in [0.2, 0.25) is 0 Å². The first kappa shape index (κ1) is 19.6. The molecule has 0 amide bonds. The van der Waals surface area contributed by atoms with Crippen LogP contribution in [0.5, 0.6) is 0 Å². The van der Waals surface area contributed by atoms with Gasteiger partial charge in [0.25, 0.3) is 5.56 Å². The molecular weight excluding hydrogens is 384 g/mol. The first-order valence-electron chi connectivity index (χ1n) is 6.85. The van der Waals surface area contributed by atoms with Crippen LogP contribution in [-0.2, 0) is 18.0 Å². The molecule has 0 bridgehead atoms. The van der Waals surface area contributed by atoms with Crippen molar-refractivity contribution in [3.05, 3.63) is 63.3 Å². The predicted molar refractivity (Wildman–Crippen MR) is 86.1 cm³/mol. The highest BCUT2D eigenvalue weighted by atomic mass is 35.5. The number of halogens is 5. The van der Waals surface area contributed by atoms with Crippen LogP contribution >= 0.6 is 11.6 Å². The number of aryl methyl sites for hydroxylation is 1. The number of pyridine rings is 1. The first-order chi connectivity index (χ1) is 11.5. The van der Waals surface area contributed by atoms with Crippen LogP contribution in [0.2, 0.25) is 5.02 Å². The molecule has 0 aliphatic heterocycles. The third-order valence-electron chi connectivity index (χ3n) is 3.45. The average Bonchev–Trinajstić information content (AvgIpc) is 2.51. The smallest absolute Gasteiger partial charge is 0.317 e. The van der Waals surface area contributed by atoms with Crippen molar-refractivity contribution in [3.8, 4) is 0 Å². The van der Waals surface area contributed by atoms with E-state index in [0.29, 0.717) is 10.4 Å². The van der Waals surface area contributed by atoms with Crippen molar-refractivity contribution in [1.82, 2.24) is 8.87 Å². The molecule has 1 heterocycles. The number of benzene rings is 1. The molecule has 0 radical (unpaired) electrons. The molecule has 2 aromatic rings. The molecule has 0 saturated carbocycles. The van der Waals surface area contributed by atoms with Crippen molar-refractivity contribution in [3.63, 3.8) is 0 Å². The minimum Gasteiger partial charge on any atom is -0.317 e. The highest BCUT2D eigenvalue weighted by Gasteiger charge is 2.45. The summed E-state index contributed by atoms with van der Waals surface area (Å²) < 4.78 is 68.4. The van der Waals surface area contributed by atoms with Crippen molar-refractivity contribution >= 4 is 22.6 Å². The minimum atomic E-state index is -4.77. The van der Waals surface area contributed by atoms with Gasteiger partial charge in [0.1, 0.15) is 27.7 Å². The predicted octanol–water partition coefficient (Wildman–Crippen LogP) is 3.44. The van der Waals surface area contributed by atoms with E-state index in [0.717, 1.165) is 29.9 Å². The summed E-state index contributed by atoms with van der Waals surface area (Å²) in [7, 11) is -0.249. The van der Waals surface area contributed by atoms with Crippen LogP contribution in [0.25, 0.3) is 0 Å². The summed E-state index contributed by atoms with van der Waals surface area (Å²) in [6.45, 7) is 0. The lowest BCUT2D eigenvalue weighted by Gasteiger charge is -2.29. The zero-order chi connectivity index (χ0) is 18.9. The topological polar surface area (TPSA) is 42.3 Å². The fraction of sp³-hybridized carbons (Fsp3) is 0.267. The minimum absolute atomic E-state index is 0.196. The van der Waals surface area contributed by atoms with Gasteiger partial charge in [0.15, 0.2) is 0 Å². The van der Waals surface area contributed by atoms with Gasteiger partial charge in [-0.15, -0.1) is 0 Å². The Hall–Kier alpha value is -1.71. The van der Waals surface area contributed by atoms with Crippen LogP contribution in [0.4, 0.5) is 17.6 Å². The summed E-state index contributed by atoms with van der Waals surface area (Å²) in [5.74, 6) is -1.13. The van der Waals surface area contributed by atoms with Crippen LogP contribution in [0.15, 0.2) is 46.2 Å². The van der Waals surface area contributed by atoms with E-state index in [4.69, 9.17) is 11.6 Å². The largest absolute Gasteiger partial charge is 0.409 e. The zero-order valence-electron chi connectivity index (χ0n) is 13.1. The fourth-order valence-electron chi connectivity index (χ4n) is 2.21. The quantitative estimate of drug-likeness (QED) is 0.743. The molecular formula is C15H13ClF4N2O2S. The van der Waals surface area contributed by atoms with Crippen LogP contribution in [0, 0.1) is 5.82 Å². The molecule has 4 nitrogen and oxygen atoms in total. The standard InChI is InChI=1S/C15H13ClF4N2O2S/c1-21-8-12(11(17)7-13(21)23)25(24)22(2)14(15(18,19)20)9-3-5-10(16)6-4-9/h3-8,14H,1-2H3/t14-,25?/m1/s1. The second-order valence-corrected chi connectivity index (χ2v) is 7.18. The Labute approximate surface area is 148 Å². The Bertz CT molecular complexity index is 852. The molecule has 25 heavy (non-hydrogen) atoms. The number of alkyl halides is 3. The highest BCUT2D eigenvalue weighted by Crippen LogP contribution is 2.39. The molecule has 2 rings (SSSR count). The van der Waals surface area contributed by atoms with Crippen molar-refractivity contribution in [2.24, 2.45) is 7.05 Å². The van der Waals surface area contributed by atoms with Crippen LogP contribution in [0.3, 0.4) is 0 Å². The van der Waals surface area contributed by atoms with Gasteiger partial charge in [-0.3, -0.25) is 4.79 Å². The van der Waals surface area contributed by atoms with Gasteiger partial charge in [-0.2, -0.15) is 13.2 Å². The Morgan fingerprint density at radius 1 is 1.24 bits per heavy atom. The molecule has 0 aliphatic rings. The van der Waals surface area contributed by atoms with E-state index in [1.165, 1.54) is 19.2 Å². The third kappa shape index (κ3) is 4.28. The second kappa shape index (κ2) is 7.27. The number of hydrogen-bond acceptors (Lipinski definition) is 2. The van der Waals surface area contributed by atoms with E-state index in [1.54, 1.807) is 0 Å². The van der Waals surface area contributed by atoms with Gasteiger partial charge in [-0.25, -0.2) is 12.9 Å². The lowest BCUT2D eigenvalue weighted by molar-refractivity contribution is -0.170. The maximum Gasteiger partial charge on any atom is 0.409 e. The Balaban J connectivity index is 2.48. The lowest BCUT2D eigenvalue weighted by atomic mass is 10.1. The number of nitrogens with zero attached hydrogens (tertiary/aromatic N) is 2. The van der Waals surface area contributed by atoms with Crippen LogP contribution in [-0.4, -0.2) is 26.3 Å². The van der Waals surface area contributed by atoms with Gasteiger partial charge in [0.05, 0.1) is 0 Å². The summed E-state index contributed by atoms with van der Waals surface area (Å²) in [5, 5.41) is 0.248. The van der Waals surface area contributed by atoms with E-state index in [9.17, 15) is 26.6 Å². The normalized spacial score (nSPS) is 14.6. The number of aromatic nitrogens is 1. The van der Waals surface area contributed by atoms with Gasteiger partial charge >= 0.3 is 6.18 Å². The number of rotatable bonds is 4. The summed E-state index contributed by atoms with van der Waals surface area (Å²) in [4.78, 5) is 10.8. The van der Waals surface area contributed by atoms with Crippen molar-refractivity contribution in [2.75, 3.05) is 7.05 Å². The Morgan fingerprint density at radius 3 is 2.32 bits per heavy atom. The van der Waals surface area contributed by atoms with Crippen LogP contribution < -0.4 is 5.56 Å². The van der Waals surface area contributed by atoms with E-state index >= 15 is 0 Å². The number of hydrogen-bond donors (Lipinski definition) is 0. The fourth-order valence-corrected chi connectivity index (χ4v) is 3.56. The zero-order valence-corrected chi connectivity index (χ0v) is 14.6. The first-order valence-corrected chi connectivity index (χ1v) is 8.34. The van der Waals surface area contributed by atoms with E-state index in [1.807, 2.05) is 0 Å². The molecule has 10 heteroatoms. The molecule has 136 valence electrons. The monoisotopic (exact) mass is 396 g/mol. The third-order valence-corrected chi connectivity index (χ3v) is 5.12. The second-order valence-electron chi connectivity index (χ2n) is 5.23. The molecule has 1 aromatic carbocycles. The van der Waals surface area contributed by atoms with E-state index < -0.39 is 39.5 Å². The molecule has 0 fully saturated rings. The Morgan fingerprint density at radius 2 is 1.80 bits per heavy atom.